The van der Waals surface area contributed by atoms with Gasteiger partial charge in [-0.05, 0) is 18.2 Å². The fraction of sp³-hybridized carbons (Fsp3) is 0.900. The summed E-state index contributed by atoms with van der Waals surface area (Å²) in [5.74, 6) is -1.03. The fourth-order valence-corrected chi connectivity index (χ4v) is 2.62. The Morgan fingerprint density at radius 3 is 2.65 bits per heavy atom. The predicted molar refractivity (Wildman–Crippen MR) is 62.3 cm³/mol. The van der Waals surface area contributed by atoms with Gasteiger partial charge >= 0.3 is 13.1 Å². The molecule has 17 heavy (non-hydrogen) atoms. The van der Waals surface area contributed by atoms with E-state index in [1.54, 1.807) is 0 Å². The average molecular weight is 245 g/mol. The molecule has 1 saturated heterocycles. The molecule has 0 aliphatic carbocycles. The van der Waals surface area contributed by atoms with Gasteiger partial charge in [0.15, 0.2) is 0 Å². The number of aliphatic carboxylic acids is 1. The highest BCUT2D eigenvalue weighted by atomic mass is 16.4. The molecule has 6 nitrogen and oxygen atoms in total. The molecule has 1 aliphatic rings. The van der Waals surface area contributed by atoms with Gasteiger partial charge in [0.05, 0.1) is 0 Å². The maximum atomic E-state index is 11.1. The van der Waals surface area contributed by atoms with Crippen LogP contribution in [0.4, 0.5) is 0 Å². The molecule has 1 aliphatic heterocycles. The van der Waals surface area contributed by atoms with Crippen molar-refractivity contribution in [1.29, 1.82) is 0 Å². The first kappa shape index (κ1) is 14.4. The summed E-state index contributed by atoms with van der Waals surface area (Å²) in [6, 6.07) is -0.685. The molecule has 0 aromatic heterocycles. The summed E-state index contributed by atoms with van der Waals surface area (Å²) >= 11 is 0. The minimum atomic E-state index is -1.36. The highest BCUT2D eigenvalue weighted by Gasteiger charge is 2.49. The molecule has 0 aromatic rings. The number of carbonyl (C=O) groups is 1. The highest BCUT2D eigenvalue weighted by molar-refractivity contribution is 6.40. The molecule has 7 heteroatoms. The lowest BCUT2D eigenvalue weighted by atomic mass is 9.69. The summed E-state index contributed by atoms with van der Waals surface area (Å²) in [4.78, 5) is 11.1. The van der Waals surface area contributed by atoms with E-state index in [0.717, 1.165) is 0 Å². The van der Waals surface area contributed by atoms with Gasteiger partial charge in [-0.25, -0.2) is 0 Å². The van der Waals surface area contributed by atoms with E-state index in [1.807, 2.05) is 6.92 Å². The SMILES string of the molecule is C[C@@]1(CCCB(O)O)[C@@H](CO)CN[C@@H]1C(=O)O. The minimum Gasteiger partial charge on any atom is -0.480 e. The first-order valence-electron chi connectivity index (χ1n) is 5.85. The van der Waals surface area contributed by atoms with Gasteiger partial charge < -0.3 is 25.6 Å². The van der Waals surface area contributed by atoms with Gasteiger partial charge in [0, 0.05) is 19.1 Å². The molecule has 0 radical (unpaired) electrons. The lowest BCUT2D eigenvalue weighted by Gasteiger charge is -2.33. The van der Waals surface area contributed by atoms with Gasteiger partial charge in [-0.15, -0.1) is 0 Å². The van der Waals surface area contributed by atoms with Crippen molar-refractivity contribution in [2.45, 2.75) is 32.1 Å². The van der Waals surface area contributed by atoms with Gasteiger partial charge in [-0.3, -0.25) is 4.79 Å². The lowest BCUT2D eigenvalue weighted by Crippen LogP contribution is -2.43. The quantitative estimate of drug-likeness (QED) is 0.380. The second-order valence-electron chi connectivity index (χ2n) is 4.94. The third-order valence-electron chi connectivity index (χ3n) is 3.81. The van der Waals surface area contributed by atoms with Crippen LogP contribution in [0.25, 0.3) is 0 Å². The Bertz CT molecular complexity index is 275. The minimum absolute atomic E-state index is 0.0606. The van der Waals surface area contributed by atoms with Crippen molar-refractivity contribution in [2.24, 2.45) is 11.3 Å². The zero-order valence-electron chi connectivity index (χ0n) is 9.96. The lowest BCUT2D eigenvalue weighted by molar-refractivity contribution is -0.142. The molecule has 1 heterocycles. The smallest absolute Gasteiger partial charge is 0.451 e. The van der Waals surface area contributed by atoms with Gasteiger partial charge in [0.1, 0.15) is 6.04 Å². The maximum absolute atomic E-state index is 11.1. The number of rotatable bonds is 6. The number of hydrogen-bond acceptors (Lipinski definition) is 5. The number of aliphatic hydroxyl groups is 1. The molecule has 0 unspecified atom stereocenters. The summed E-state index contributed by atoms with van der Waals surface area (Å²) < 4.78 is 0. The van der Waals surface area contributed by atoms with Crippen LogP contribution in [-0.2, 0) is 4.79 Å². The van der Waals surface area contributed by atoms with E-state index in [0.29, 0.717) is 19.4 Å². The molecule has 98 valence electrons. The zero-order valence-corrected chi connectivity index (χ0v) is 9.96. The standard InChI is InChI=1S/C10H20BNO5/c1-10(3-2-4-11(16)17)7(6-13)5-12-8(10)9(14)15/h7-8,12-13,16-17H,2-6H2,1H3,(H,14,15)/t7-,8-,10-/m1/s1. The third kappa shape index (κ3) is 3.19. The van der Waals surface area contributed by atoms with Crippen LogP contribution in [0.3, 0.4) is 0 Å². The summed E-state index contributed by atoms with van der Waals surface area (Å²) in [5, 5.41) is 38.9. The van der Waals surface area contributed by atoms with E-state index >= 15 is 0 Å². The van der Waals surface area contributed by atoms with Gasteiger partial charge in [-0.2, -0.15) is 0 Å². The van der Waals surface area contributed by atoms with E-state index in [9.17, 15) is 9.90 Å². The van der Waals surface area contributed by atoms with Crippen LogP contribution in [0, 0.1) is 11.3 Å². The normalized spacial score (nSPS) is 32.7. The van der Waals surface area contributed by atoms with Crippen molar-refractivity contribution in [3.05, 3.63) is 0 Å². The van der Waals surface area contributed by atoms with Gasteiger partial charge in [0.2, 0.25) is 0 Å². The van der Waals surface area contributed by atoms with Crippen LogP contribution in [0.15, 0.2) is 0 Å². The summed E-state index contributed by atoms with van der Waals surface area (Å²) in [7, 11) is -1.36. The topological polar surface area (TPSA) is 110 Å². The number of carboxylic acids is 1. The summed E-state index contributed by atoms with van der Waals surface area (Å²) in [6.07, 6.45) is 1.29. The Kier molecular flexibility index (Phi) is 4.94. The van der Waals surface area contributed by atoms with E-state index in [2.05, 4.69) is 5.32 Å². The molecule has 0 aromatic carbocycles. The Morgan fingerprint density at radius 1 is 1.53 bits per heavy atom. The Hall–Kier alpha value is -0.625. The zero-order chi connectivity index (χ0) is 13.1. The molecule has 0 bridgehead atoms. The van der Waals surface area contributed by atoms with Crippen LogP contribution in [-0.4, -0.2) is 52.5 Å². The fourth-order valence-electron chi connectivity index (χ4n) is 2.62. The molecule has 0 saturated carbocycles. The number of carboxylic acid groups (broad SMARTS) is 1. The highest BCUT2D eigenvalue weighted by Crippen LogP contribution is 2.40. The van der Waals surface area contributed by atoms with Crippen LogP contribution in [0.2, 0.25) is 6.32 Å². The Balaban J connectivity index is 2.67. The summed E-state index contributed by atoms with van der Waals surface area (Å²) in [6.45, 7) is 2.25. The average Bonchev–Trinajstić information content (AvgIpc) is 2.54. The second-order valence-corrected chi connectivity index (χ2v) is 4.94. The molecular weight excluding hydrogens is 225 g/mol. The second kappa shape index (κ2) is 5.81. The molecular formula is C10H20BNO5. The van der Waals surface area contributed by atoms with Crippen molar-refractivity contribution in [1.82, 2.24) is 5.32 Å². The van der Waals surface area contributed by atoms with Crippen LogP contribution >= 0.6 is 0 Å². The largest absolute Gasteiger partial charge is 0.480 e. The molecule has 1 rings (SSSR count). The Morgan fingerprint density at radius 2 is 2.18 bits per heavy atom. The molecule has 0 amide bonds. The van der Waals surface area contributed by atoms with E-state index in [-0.39, 0.29) is 18.8 Å². The first-order chi connectivity index (χ1) is 7.91. The summed E-state index contributed by atoms with van der Waals surface area (Å²) in [5.41, 5.74) is -0.546. The number of nitrogens with one attached hydrogen (secondary N) is 1. The van der Waals surface area contributed by atoms with Crippen LogP contribution in [0.1, 0.15) is 19.8 Å². The third-order valence-corrected chi connectivity index (χ3v) is 3.81. The van der Waals surface area contributed by atoms with Crippen molar-refractivity contribution < 1.29 is 25.1 Å². The van der Waals surface area contributed by atoms with Crippen molar-refractivity contribution in [2.75, 3.05) is 13.2 Å². The predicted octanol–water partition coefficient (Wildman–Crippen LogP) is -1.09. The molecule has 0 spiro atoms. The van der Waals surface area contributed by atoms with Gasteiger partial charge in [-0.1, -0.05) is 13.3 Å². The van der Waals surface area contributed by atoms with Crippen LogP contribution in [0.5, 0.6) is 0 Å². The molecule has 1 fully saturated rings. The first-order valence-corrected chi connectivity index (χ1v) is 5.85. The van der Waals surface area contributed by atoms with E-state index in [1.165, 1.54) is 0 Å². The molecule has 3 atom stereocenters. The van der Waals surface area contributed by atoms with Crippen molar-refractivity contribution >= 4 is 13.1 Å². The number of hydrogen-bond donors (Lipinski definition) is 5. The number of aliphatic hydroxyl groups excluding tert-OH is 1. The van der Waals surface area contributed by atoms with Gasteiger partial charge in [0.25, 0.3) is 0 Å². The Labute approximate surface area is 101 Å². The van der Waals surface area contributed by atoms with E-state index < -0.39 is 24.5 Å². The van der Waals surface area contributed by atoms with E-state index in [4.69, 9.17) is 15.2 Å². The van der Waals surface area contributed by atoms with Crippen LogP contribution < -0.4 is 5.32 Å². The van der Waals surface area contributed by atoms with Crippen molar-refractivity contribution in [3.63, 3.8) is 0 Å². The molecule has 5 N–H and O–H groups in total. The monoisotopic (exact) mass is 245 g/mol. The maximum Gasteiger partial charge on any atom is 0.451 e. The van der Waals surface area contributed by atoms with Crippen molar-refractivity contribution in [3.8, 4) is 0 Å².